The van der Waals surface area contributed by atoms with E-state index in [-0.39, 0.29) is 16.9 Å². The highest BCUT2D eigenvalue weighted by atomic mass is 35.5. The largest absolute Gasteiger partial charge is 0.761 e. The van der Waals surface area contributed by atoms with Crippen molar-refractivity contribution in [1.29, 1.82) is 0 Å². The summed E-state index contributed by atoms with van der Waals surface area (Å²) in [4.78, 5) is 10.8. The predicted molar refractivity (Wildman–Crippen MR) is 104 cm³/mol. The summed E-state index contributed by atoms with van der Waals surface area (Å²) in [6, 6.07) is 6.43. The number of benzene rings is 1. The lowest BCUT2D eigenvalue weighted by atomic mass is 10.1. The number of halogens is 1. The van der Waals surface area contributed by atoms with E-state index in [1.54, 1.807) is 12.4 Å². The summed E-state index contributed by atoms with van der Waals surface area (Å²) in [6.07, 6.45) is 3.90. The van der Waals surface area contributed by atoms with E-state index in [4.69, 9.17) is 11.6 Å². The molecule has 1 aromatic carbocycles. The molecule has 4 rings (SSSR count). The highest BCUT2D eigenvalue weighted by Crippen LogP contribution is 2.27. The number of fused-ring (bicyclic) bond motifs is 1. The van der Waals surface area contributed by atoms with Gasteiger partial charge >= 0.3 is 0 Å². The fourth-order valence-electron chi connectivity index (χ4n) is 3.33. The Bertz CT molecular complexity index is 905. The molecular weight excluding hydrogens is 354 g/mol. The first-order chi connectivity index (χ1) is 12.6. The molecule has 0 bridgehead atoms. The Kier molecular flexibility index (Phi) is 4.52. The second-order valence-electron chi connectivity index (χ2n) is 6.48. The molecule has 0 saturated carbocycles. The van der Waals surface area contributed by atoms with Gasteiger partial charge in [0.25, 0.3) is 0 Å². The number of aromatic nitrogens is 4. The molecule has 136 valence electrons. The molecule has 0 amide bonds. The molecule has 9 heteroatoms. The lowest BCUT2D eigenvalue weighted by Gasteiger charge is -2.34. The minimum atomic E-state index is 0.156. The van der Waals surface area contributed by atoms with Crippen LogP contribution in [-0.2, 0) is 0 Å². The number of rotatable bonds is 4. The number of hydrogen-bond acceptors (Lipinski definition) is 7. The van der Waals surface area contributed by atoms with Crippen LogP contribution in [0.4, 0.5) is 17.3 Å². The van der Waals surface area contributed by atoms with Gasteiger partial charge in [0, 0.05) is 30.2 Å². The first kappa shape index (κ1) is 16.9. The number of nitrogens with zero attached hydrogens (tertiary/aromatic N) is 4. The molecule has 26 heavy (non-hydrogen) atoms. The van der Waals surface area contributed by atoms with Gasteiger partial charge in [0.2, 0.25) is 5.95 Å². The van der Waals surface area contributed by atoms with Crippen LogP contribution in [0.5, 0.6) is 0 Å². The molecule has 1 fully saturated rings. The van der Waals surface area contributed by atoms with Crippen molar-refractivity contribution in [3.63, 3.8) is 0 Å². The van der Waals surface area contributed by atoms with Crippen LogP contribution in [0.25, 0.3) is 10.9 Å². The number of anilines is 3. The van der Waals surface area contributed by atoms with Gasteiger partial charge in [-0.05, 0) is 38.0 Å². The summed E-state index contributed by atoms with van der Waals surface area (Å²) >= 11 is 6.10. The van der Waals surface area contributed by atoms with Crippen LogP contribution < -0.4 is 15.7 Å². The van der Waals surface area contributed by atoms with Crippen molar-refractivity contribution in [2.75, 3.05) is 28.8 Å². The van der Waals surface area contributed by atoms with Gasteiger partial charge in [-0.2, -0.15) is 10.1 Å². The van der Waals surface area contributed by atoms with Crippen LogP contribution in [0.15, 0.2) is 24.4 Å². The molecule has 2 aromatic heterocycles. The van der Waals surface area contributed by atoms with Crippen molar-refractivity contribution in [1.82, 2.24) is 20.2 Å². The third-order valence-corrected chi connectivity index (χ3v) is 4.92. The molecule has 0 radical (unpaired) electrons. The molecule has 1 aliphatic rings. The summed E-state index contributed by atoms with van der Waals surface area (Å²) < 4.78 is 0. The Hall–Kier alpha value is -2.58. The lowest BCUT2D eigenvalue weighted by molar-refractivity contribution is 0.522. The van der Waals surface area contributed by atoms with Crippen molar-refractivity contribution in [2.24, 2.45) is 0 Å². The summed E-state index contributed by atoms with van der Waals surface area (Å²) in [5.41, 5.74) is 4.67. The van der Waals surface area contributed by atoms with Gasteiger partial charge in [0.15, 0.2) is 5.15 Å². The first-order valence-electron chi connectivity index (χ1n) is 8.51. The van der Waals surface area contributed by atoms with E-state index in [0.29, 0.717) is 11.6 Å². The Labute approximate surface area is 155 Å². The molecule has 3 aromatic rings. The average Bonchev–Trinajstić information content (AvgIpc) is 3.09. The van der Waals surface area contributed by atoms with Crippen LogP contribution in [0.2, 0.25) is 5.15 Å². The summed E-state index contributed by atoms with van der Waals surface area (Å²) in [5, 5.41) is 22.8. The van der Waals surface area contributed by atoms with E-state index in [1.165, 1.54) is 0 Å². The normalized spacial score (nSPS) is 17.5. The third kappa shape index (κ3) is 3.25. The predicted octanol–water partition coefficient (Wildman–Crippen LogP) is 3.31. The highest BCUT2D eigenvalue weighted by Gasteiger charge is 2.23. The molecule has 1 unspecified atom stereocenters. The summed E-state index contributed by atoms with van der Waals surface area (Å²) in [5.74, 6) is 0.559. The molecule has 3 heterocycles. The number of piperidine rings is 1. The second-order valence-corrected chi connectivity index (χ2v) is 6.84. The number of nitrogens with one attached hydrogen (secondary N) is 3. The zero-order chi connectivity index (χ0) is 18.1. The van der Waals surface area contributed by atoms with Crippen LogP contribution in [0.1, 0.15) is 18.5 Å². The van der Waals surface area contributed by atoms with Crippen molar-refractivity contribution in [3.8, 4) is 0 Å². The molecule has 0 aliphatic carbocycles. The van der Waals surface area contributed by atoms with Crippen LogP contribution in [-0.4, -0.2) is 39.3 Å². The minimum absolute atomic E-state index is 0.156. The molecule has 0 spiro atoms. The quantitative estimate of drug-likeness (QED) is 0.476. The van der Waals surface area contributed by atoms with E-state index in [9.17, 15) is 5.21 Å². The maximum absolute atomic E-state index is 10.9. The van der Waals surface area contributed by atoms with E-state index < -0.39 is 0 Å². The SMILES string of the molecule is Cc1nc(N2CCCC(Nc3ccc4[nH]ncc4c3)C2)nc(Cl)c1N[O-]. The van der Waals surface area contributed by atoms with Gasteiger partial charge in [-0.3, -0.25) is 5.10 Å². The Balaban J connectivity index is 1.50. The Morgan fingerprint density at radius 2 is 2.23 bits per heavy atom. The van der Waals surface area contributed by atoms with E-state index in [0.717, 1.165) is 42.5 Å². The summed E-state index contributed by atoms with van der Waals surface area (Å²) in [7, 11) is 0. The Morgan fingerprint density at radius 3 is 3.04 bits per heavy atom. The molecule has 1 aliphatic heterocycles. The smallest absolute Gasteiger partial charge is 0.227 e. The highest BCUT2D eigenvalue weighted by molar-refractivity contribution is 6.32. The molecule has 1 saturated heterocycles. The van der Waals surface area contributed by atoms with Crippen molar-refractivity contribution in [2.45, 2.75) is 25.8 Å². The fraction of sp³-hybridized carbons (Fsp3) is 0.353. The van der Waals surface area contributed by atoms with Crippen LogP contribution in [0.3, 0.4) is 0 Å². The van der Waals surface area contributed by atoms with E-state index in [2.05, 4.69) is 36.4 Å². The van der Waals surface area contributed by atoms with Crippen molar-refractivity contribution >= 4 is 39.8 Å². The fourth-order valence-corrected chi connectivity index (χ4v) is 3.58. The monoisotopic (exact) mass is 372 g/mol. The van der Waals surface area contributed by atoms with E-state index >= 15 is 0 Å². The van der Waals surface area contributed by atoms with Crippen LogP contribution >= 0.6 is 11.6 Å². The standard InChI is InChI=1S/C17H19ClN7O/c1-10-15(24-26)16(18)22-17(20-10)25-6-2-3-13(9-25)21-12-4-5-14-11(7-12)8-19-23-14/h4-5,7-8,13,21,24H,2-3,6,9H2,1H3,(H,19,23)/q-1. The van der Waals surface area contributed by atoms with Crippen molar-refractivity contribution in [3.05, 3.63) is 40.5 Å². The zero-order valence-corrected chi connectivity index (χ0v) is 15.0. The molecule has 1 atom stereocenters. The number of H-pyrrole nitrogens is 1. The maximum Gasteiger partial charge on any atom is 0.227 e. The average molecular weight is 373 g/mol. The molecule has 3 N–H and O–H groups in total. The number of hydrogen-bond donors (Lipinski definition) is 3. The van der Waals surface area contributed by atoms with Crippen LogP contribution in [0, 0.1) is 12.1 Å². The number of aryl methyl sites for hydroxylation is 1. The first-order valence-corrected chi connectivity index (χ1v) is 8.89. The maximum atomic E-state index is 10.9. The lowest BCUT2D eigenvalue weighted by Crippen LogP contribution is -2.43. The molecule has 8 nitrogen and oxygen atoms in total. The minimum Gasteiger partial charge on any atom is -0.761 e. The van der Waals surface area contributed by atoms with E-state index in [1.807, 2.05) is 18.3 Å². The third-order valence-electron chi connectivity index (χ3n) is 4.65. The number of aromatic amines is 1. The van der Waals surface area contributed by atoms with Gasteiger partial charge in [-0.1, -0.05) is 11.6 Å². The van der Waals surface area contributed by atoms with Gasteiger partial charge in [-0.25, -0.2) is 4.98 Å². The second kappa shape index (κ2) is 6.97. The molecular formula is C17H19ClN7O-. The zero-order valence-electron chi connectivity index (χ0n) is 14.3. The summed E-state index contributed by atoms with van der Waals surface area (Å²) in [6.45, 7) is 3.37. The topological polar surface area (TPSA) is 105 Å². The van der Waals surface area contributed by atoms with Gasteiger partial charge in [0.1, 0.15) is 0 Å². The van der Waals surface area contributed by atoms with Gasteiger partial charge < -0.3 is 20.9 Å². The van der Waals surface area contributed by atoms with Gasteiger partial charge in [-0.15, -0.1) is 0 Å². The Morgan fingerprint density at radius 1 is 1.35 bits per heavy atom. The van der Waals surface area contributed by atoms with Gasteiger partial charge in [0.05, 0.1) is 23.1 Å². The van der Waals surface area contributed by atoms with Crippen molar-refractivity contribution < 1.29 is 0 Å².